The lowest BCUT2D eigenvalue weighted by Crippen LogP contribution is -2.28. The minimum atomic E-state index is -4.58. The number of fused-ring (bicyclic) bond motifs is 1. The maximum atomic E-state index is 13.2. The van der Waals surface area contributed by atoms with Crippen LogP contribution in [0.5, 0.6) is 5.88 Å². The first-order valence-electron chi connectivity index (χ1n) is 9.98. The van der Waals surface area contributed by atoms with Gasteiger partial charge < -0.3 is 10.1 Å². The van der Waals surface area contributed by atoms with Crippen LogP contribution in [0.25, 0.3) is 5.65 Å². The zero-order valence-corrected chi connectivity index (χ0v) is 16.7. The summed E-state index contributed by atoms with van der Waals surface area (Å²) in [5.41, 5.74) is -0.178. The predicted molar refractivity (Wildman–Crippen MR) is 104 cm³/mol. The van der Waals surface area contributed by atoms with Crippen LogP contribution in [0.4, 0.5) is 19.1 Å². The summed E-state index contributed by atoms with van der Waals surface area (Å²) in [5, 5.41) is 11.8. The molecule has 0 aromatic carbocycles. The van der Waals surface area contributed by atoms with E-state index in [4.69, 9.17) is 4.74 Å². The number of hydrogen-bond donors (Lipinski definition) is 1. The molecule has 3 heterocycles. The van der Waals surface area contributed by atoms with E-state index >= 15 is 0 Å². The van der Waals surface area contributed by atoms with Crippen molar-refractivity contribution in [1.82, 2.24) is 24.6 Å². The maximum absolute atomic E-state index is 13.2. The first kappa shape index (κ1) is 20.4. The Morgan fingerprint density at radius 3 is 2.80 bits per heavy atom. The van der Waals surface area contributed by atoms with Crippen molar-refractivity contribution in [2.75, 3.05) is 5.32 Å². The van der Waals surface area contributed by atoms with Crippen molar-refractivity contribution >= 4 is 11.6 Å². The van der Waals surface area contributed by atoms with Crippen molar-refractivity contribution in [2.24, 2.45) is 0 Å². The van der Waals surface area contributed by atoms with Gasteiger partial charge in [0.15, 0.2) is 5.65 Å². The second-order valence-electron chi connectivity index (χ2n) is 7.77. The number of ether oxygens (including phenoxy) is 1. The van der Waals surface area contributed by atoms with Gasteiger partial charge in [0, 0.05) is 24.4 Å². The van der Waals surface area contributed by atoms with Crippen LogP contribution in [-0.2, 0) is 6.18 Å². The zero-order chi connectivity index (χ0) is 21.3. The number of rotatable bonds is 5. The third-order valence-electron chi connectivity index (χ3n) is 5.12. The van der Waals surface area contributed by atoms with Crippen LogP contribution < -0.4 is 10.1 Å². The average molecular weight is 420 g/mol. The van der Waals surface area contributed by atoms with Crippen molar-refractivity contribution < 1.29 is 17.9 Å². The monoisotopic (exact) mass is 420 g/mol. The Balaban J connectivity index is 1.52. The Morgan fingerprint density at radius 1 is 1.20 bits per heavy atom. The lowest BCUT2D eigenvalue weighted by molar-refractivity contribution is -0.139. The molecule has 0 amide bonds. The first-order chi connectivity index (χ1) is 14.3. The number of anilines is 1. The summed E-state index contributed by atoms with van der Waals surface area (Å²) in [5.74, 6) is 0.768. The molecular weight excluding hydrogens is 397 g/mol. The molecule has 0 spiro atoms. The minimum Gasteiger partial charge on any atom is -0.474 e. The van der Waals surface area contributed by atoms with Crippen molar-refractivity contribution in [3.8, 4) is 5.88 Å². The molecule has 7 nitrogen and oxygen atoms in total. The second kappa shape index (κ2) is 8.08. The summed E-state index contributed by atoms with van der Waals surface area (Å²) in [6.07, 6.45) is 1.28. The summed E-state index contributed by atoms with van der Waals surface area (Å²) in [6.45, 7) is 3.31. The van der Waals surface area contributed by atoms with E-state index in [0.717, 1.165) is 43.4 Å². The van der Waals surface area contributed by atoms with E-state index in [0.29, 0.717) is 0 Å². The number of hydrogen-bond acceptors (Lipinski definition) is 6. The molecule has 3 aromatic rings. The molecule has 4 rings (SSSR count). The Labute approximate surface area is 171 Å². The average Bonchev–Trinajstić information content (AvgIpc) is 3.11. The zero-order valence-electron chi connectivity index (χ0n) is 16.7. The van der Waals surface area contributed by atoms with E-state index in [9.17, 15) is 13.2 Å². The van der Waals surface area contributed by atoms with Crippen LogP contribution >= 0.6 is 0 Å². The van der Waals surface area contributed by atoms with E-state index < -0.39 is 23.7 Å². The molecule has 160 valence electrons. The van der Waals surface area contributed by atoms with Gasteiger partial charge in [0.2, 0.25) is 11.8 Å². The van der Waals surface area contributed by atoms with E-state index in [1.54, 1.807) is 13.8 Å². The van der Waals surface area contributed by atoms with Crippen LogP contribution in [0, 0.1) is 0 Å². The Morgan fingerprint density at radius 2 is 2.03 bits per heavy atom. The van der Waals surface area contributed by atoms with Crippen LogP contribution in [0.3, 0.4) is 0 Å². The Hall–Kier alpha value is -2.91. The van der Waals surface area contributed by atoms with Crippen LogP contribution in [0.15, 0.2) is 30.6 Å². The standard InChI is InChI=1S/C20H23F3N6O/c1-12(2)30-18-15(20(21,22)23)11-24-19(26-18)25-14-7-5-6-13(10-14)17-28-27-16-8-3-4-9-29(16)17/h3-4,8-9,11-14H,5-7,10H2,1-2H3,(H,24,25,26)/t13-,14+/m0/s1. The van der Waals surface area contributed by atoms with Gasteiger partial charge in [-0.25, -0.2) is 4.98 Å². The summed E-state index contributed by atoms with van der Waals surface area (Å²) in [6, 6.07) is 5.77. The van der Waals surface area contributed by atoms with Gasteiger partial charge in [0.1, 0.15) is 11.4 Å². The van der Waals surface area contributed by atoms with Gasteiger partial charge in [-0.1, -0.05) is 12.5 Å². The highest BCUT2D eigenvalue weighted by Crippen LogP contribution is 2.37. The number of aromatic nitrogens is 5. The lowest BCUT2D eigenvalue weighted by atomic mass is 9.85. The van der Waals surface area contributed by atoms with Gasteiger partial charge in [0.25, 0.3) is 0 Å². The maximum Gasteiger partial charge on any atom is 0.423 e. The number of alkyl halides is 3. The molecule has 0 bridgehead atoms. The van der Waals surface area contributed by atoms with Crippen molar-refractivity contribution in [3.63, 3.8) is 0 Å². The Bertz CT molecular complexity index is 1020. The summed E-state index contributed by atoms with van der Waals surface area (Å²) in [7, 11) is 0. The number of pyridine rings is 1. The molecule has 1 fully saturated rings. The third-order valence-corrected chi connectivity index (χ3v) is 5.12. The van der Waals surface area contributed by atoms with Gasteiger partial charge >= 0.3 is 6.18 Å². The third kappa shape index (κ3) is 4.31. The highest BCUT2D eigenvalue weighted by molar-refractivity contribution is 5.38. The fraction of sp³-hybridized carbons (Fsp3) is 0.500. The fourth-order valence-corrected chi connectivity index (χ4v) is 3.82. The van der Waals surface area contributed by atoms with Gasteiger partial charge in [-0.15, -0.1) is 10.2 Å². The summed E-state index contributed by atoms with van der Waals surface area (Å²) < 4.78 is 47.0. The highest BCUT2D eigenvalue weighted by Gasteiger charge is 2.37. The van der Waals surface area contributed by atoms with Crippen LogP contribution in [0.1, 0.15) is 56.8 Å². The molecule has 1 saturated carbocycles. The molecule has 10 heteroatoms. The normalized spacial score (nSPS) is 19.9. The van der Waals surface area contributed by atoms with E-state index in [1.165, 1.54) is 0 Å². The molecular formula is C20H23F3N6O. The molecule has 0 aliphatic heterocycles. The molecule has 30 heavy (non-hydrogen) atoms. The molecule has 0 unspecified atom stereocenters. The van der Waals surface area contributed by atoms with E-state index in [1.807, 2.05) is 28.8 Å². The number of nitrogens with zero attached hydrogens (tertiary/aromatic N) is 5. The van der Waals surface area contributed by atoms with E-state index in [2.05, 4.69) is 25.5 Å². The van der Waals surface area contributed by atoms with Crippen molar-refractivity contribution in [1.29, 1.82) is 0 Å². The topological polar surface area (TPSA) is 77.2 Å². The minimum absolute atomic E-state index is 0.0171. The quantitative estimate of drug-likeness (QED) is 0.657. The van der Waals surface area contributed by atoms with Gasteiger partial charge in [-0.3, -0.25) is 4.40 Å². The molecule has 1 aliphatic carbocycles. The second-order valence-corrected chi connectivity index (χ2v) is 7.77. The van der Waals surface area contributed by atoms with Crippen LogP contribution in [-0.4, -0.2) is 36.7 Å². The predicted octanol–water partition coefficient (Wildman–Crippen LogP) is 4.46. The largest absolute Gasteiger partial charge is 0.474 e. The van der Waals surface area contributed by atoms with Gasteiger partial charge in [-0.05, 0) is 45.2 Å². The number of nitrogens with one attached hydrogen (secondary N) is 1. The smallest absolute Gasteiger partial charge is 0.423 e. The fourth-order valence-electron chi connectivity index (χ4n) is 3.82. The molecule has 0 radical (unpaired) electrons. The van der Waals surface area contributed by atoms with Crippen molar-refractivity contribution in [3.05, 3.63) is 42.0 Å². The summed E-state index contributed by atoms with van der Waals surface area (Å²) in [4.78, 5) is 7.90. The van der Waals surface area contributed by atoms with Crippen molar-refractivity contribution in [2.45, 2.75) is 63.8 Å². The lowest BCUT2D eigenvalue weighted by Gasteiger charge is -2.29. The molecule has 2 atom stereocenters. The van der Waals surface area contributed by atoms with Crippen LogP contribution in [0.2, 0.25) is 0 Å². The Kier molecular flexibility index (Phi) is 5.48. The number of halogens is 3. The van der Waals surface area contributed by atoms with Gasteiger partial charge in [0.05, 0.1) is 6.10 Å². The molecule has 1 aliphatic rings. The SMILES string of the molecule is CC(C)Oc1nc(N[C@@H]2CCC[C@H](c3nnc4ccccn34)C2)ncc1C(F)(F)F. The molecule has 1 N–H and O–H groups in total. The summed E-state index contributed by atoms with van der Waals surface area (Å²) >= 11 is 0. The molecule has 0 saturated heterocycles. The first-order valence-corrected chi connectivity index (χ1v) is 9.98. The molecule has 3 aromatic heterocycles. The highest BCUT2D eigenvalue weighted by atomic mass is 19.4. The van der Waals surface area contributed by atoms with Gasteiger partial charge in [-0.2, -0.15) is 18.2 Å². The van der Waals surface area contributed by atoms with E-state index in [-0.39, 0.29) is 17.9 Å².